The molecule has 0 aliphatic carbocycles. The second-order valence-corrected chi connectivity index (χ2v) is 8.48. The monoisotopic (exact) mass is 364 g/mol. The standard InChI is InChI=1S/C20H29NO5/c1-19(2,3)17-21(15(16(23)26-17)11-20(4,5)13-22)18(24)25-12-14-9-7-6-8-10-14/h6-10,15,17,22H,11-13H2,1-5H3/t15-,17-/m0/s1/i15D. The van der Waals surface area contributed by atoms with Gasteiger partial charge in [0.15, 0.2) is 6.23 Å². The van der Waals surface area contributed by atoms with E-state index in [0.29, 0.717) is 0 Å². The minimum Gasteiger partial charge on any atom is -0.444 e. The van der Waals surface area contributed by atoms with Crippen LogP contribution in [0, 0.1) is 10.8 Å². The predicted octanol–water partition coefficient (Wildman–Crippen LogP) is 3.33. The SMILES string of the molecule is [2H][C@]1(CC(C)(C)CO)C(=O)O[C@@H](C(C)(C)C)N1C(=O)OCc1ccccc1. The van der Waals surface area contributed by atoms with Gasteiger partial charge in [-0.3, -0.25) is 4.90 Å². The van der Waals surface area contributed by atoms with Gasteiger partial charge >= 0.3 is 12.1 Å². The molecule has 1 aromatic carbocycles. The van der Waals surface area contributed by atoms with E-state index >= 15 is 0 Å². The van der Waals surface area contributed by atoms with Crippen molar-refractivity contribution in [1.82, 2.24) is 4.90 Å². The summed E-state index contributed by atoms with van der Waals surface area (Å²) in [5, 5.41) is 9.59. The average Bonchev–Trinajstić information content (AvgIpc) is 2.84. The maximum atomic E-state index is 12.9. The first kappa shape index (κ1) is 18.7. The van der Waals surface area contributed by atoms with E-state index in [2.05, 4.69) is 0 Å². The summed E-state index contributed by atoms with van der Waals surface area (Å²) in [5.74, 6) is -0.805. The van der Waals surface area contributed by atoms with Gasteiger partial charge in [-0.15, -0.1) is 0 Å². The topological polar surface area (TPSA) is 76.1 Å². The molecule has 0 spiro atoms. The van der Waals surface area contributed by atoms with Crippen molar-refractivity contribution in [2.75, 3.05) is 6.61 Å². The molecule has 0 unspecified atom stereocenters. The number of carbonyl (C=O) groups excluding carboxylic acids is 2. The Hall–Kier alpha value is -2.08. The molecule has 1 fully saturated rings. The smallest absolute Gasteiger partial charge is 0.413 e. The van der Waals surface area contributed by atoms with Gasteiger partial charge in [-0.1, -0.05) is 65.0 Å². The first-order valence-corrected chi connectivity index (χ1v) is 8.73. The van der Waals surface area contributed by atoms with Crippen molar-refractivity contribution in [2.45, 2.75) is 59.9 Å². The molecule has 1 amide bonds. The Kier molecular flexibility index (Phi) is 5.51. The summed E-state index contributed by atoms with van der Waals surface area (Å²) in [7, 11) is 0. The van der Waals surface area contributed by atoms with Crippen LogP contribution in [0.4, 0.5) is 4.79 Å². The lowest BCUT2D eigenvalue weighted by Gasteiger charge is -2.35. The molecule has 6 heteroatoms. The lowest BCUT2D eigenvalue weighted by Crippen LogP contribution is -2.49. The molecular weight excluding hydrogens is 334 g/mol. The van der Waals surface area contributed by atoms with Gasteiger partial charge in [-0.25, -0.2) is 9.59 Å². The van der Waals surface area contributed by atoms with Crippen molar-refractivity contribution in [3.8, 4) is 0 Å². The molecule has 1 heterocycles. The molecule has 6 nitrogen and oxygen atoms in total. The lowest BCUT2D eigenvalue weighted by atomic mass is 9.85. The van der Waals surface area contributed by atoms with Crippen LogP contribution in [0.25, 0.3) is 0 Å². The molecule has 2 atom stereocenters. The van der Waals surface area contributed by atoms with Gasteiger partial charge in [0.2, 0.25) is 0 Å². The minimum atomic E-state index is -1.96. The van der Waals surface area contributed by atoms with Gasteiger partial charge in [0.1, 0.15) is 12.6 Å². The molecule has 0 bridgehead atoms. The fourth-order valence-corrected chi connectivity index (χ4v) is 2.69. The summed E-state index contributed by atoms with van der Waals surface area (Å²) in [6, 6.07) is 7.22. The number of cyclic esters (lactones) is 1. The van der Waals surface area contributed by atoms with Crippen molar-refractivity contribution in [3.05, 3.63) is 35.9 Å². The molecule has 1 saturated heterocycles. The zero-order valence-electron chi connectivity index (χ0n) is 17.1. The highest BCUT2D eigenvalue weighted by Gasteiger charge is 2.51. The van der Waals surface area contributed by atoms with Crippen LogP contribution in [0.2, 0.25) is 0 Å². The summed E-state index contributed by atoms with van der Waals surface area (Å²) < 4.78 is 19.6. The van der Waals surface area contributed by atoms with E-state index in [0.717, 1.165) is 10.5 Å². The predicted molar refractivity (Wildman–Crippen MR) is 97.1 cm³/mol. The number of esters is 1. The van der Waals surface area contributed by atoms with Crippen LogP contribution in [0.1, 0.15) is 48.0 Å². The number of amides is 1. The van der Waals surface area contributed by atoms with Crippen molar-refractivity contribution < 1.29 is 25.5 Å². The van der Waals surface area contributed by atoms with Crippen LogP contribution < -0.4 is 0 Å². The van der Waals surface area contributed by atoms with Crippen LogP contribution in [-0.4, -0.2) is 40.9 Å². The molecule has 1 aliphatic heterocycles. The van der Waals surface area contributed by atoms with Gasteiger partial charge in [0, 0.05) is 12.0 Å². The summed E-state index contributed by atoms with van der Waals surface area (Å²) in [4.78, 5) is 26.6. The number of nitrogens with zero attached hydrogens (tertiary/aromatic N) is 1. The Morgan fingerprint density at radius 3 is 2.42 bits per heavy atom. The van der Waals surface area contributed by atoms with Crippen LogP contribution in [0.15, 0.2) is 30.3 Å². The van der Waals surface area contributed by atoms with Crippen molar-refractivity contribution in [1.29, 1.82) is 0 Å². The number of ether oxygens (including phenoxy) is 2. The highest BCUT2D eigenvalue weighted by Crippen LogP contribution is 2.37. The molecule has 144 valence electrons. The second kappa shape index (κ2) is 7.66. The summed E-state index contributed by atoms with van der Waals surface area (Å²) in [6.45, 7) is 8.74. The first-order valence-electron chi connectivity index (χ1n) is 9.23. The van der Waals surface area contributed by atoms with Gasteiger partial charge in [-0.05, 0) is 17.4 Å². The van der Waals surface area contributed by atoms with E-state index in [9.17, 15) is 14.7 Å². The van der Waals surface area contributed by atoms with Crippen LogP contribution >= 0.6 is 0 Å². The summed E-state index contributed by atoms with van der Waals surface area (Å²) in [6.07, 6.45) is -1.78. The Labute approximate surface area is 156 Å². The van der Waals surface area contributed by atoms with E-state index < -0.39 is 35.1 Å². The maximum Gasteiger partial charge on any atom is 0.413 e. The highest BCUT2D eigenvalue weighted by atomic mass is 16.6. The Morgan fingerprint density at radius 2 is 1.88 bits per heavy atom. The molecule has 1 N–H and O–H groups in total. The van der Waals surface area contributed by atoms with Gasteiger partial charge in [0.25, 0.3) is 0 Å². The quantitative estimate of drug-likeness (QED) is 0.811. The van der Waals surface area contributed by atoms with Crippen molar-refractivity contribution >= 4 is 12.1 Å². The van der Waals surface area contributed by atoms with Crippen molar-refractivity contribution in [2.24, 2.45) is 10.8 Å². The number of benzene rings is 1. The first-order chi connectivity index (χ1) is 12.4. The zero-order valence-corrected chi connectivity index (χ0v) is 16.1. The fraction of sp³-hybridized carbons (Fsp3) is 0.600. The van der Waals surface area contributed by atoms with E-state index in [-0.39, 0.29) is 19.6 Å². The van der Waals surface area contributed by atoms with E-state index in [1.807, 2.05) is 51.1 Å². The van der Waals surface area contributed by atoms with Gasteiger partial charge < -0.3 is 14.6 Å². The maximum absolute atomic E-state index is 12.9. The van der Waals surface area contributed by atoms with Crippen molar-refractivity contribution in [3.63, 3.8) is 0 Å². The minimum absolute atomic E-state index is 0.0285. The summed E-state index contributed by atoms with van der Waals surface area (Å²) >= 11 is 0. The lowest BCUT2D eigenvalue weighted by molar-refractivity contribution is -0.147. The molecular formula is C20H29NO5. The normalized spacial score (nSPS) is 24.2. The van der Waals surface area contributed by atoms with Gasteiger partial charge in [-0.2, -0.15) is 0 Å². The molecule has 0 saturated carbocycles. The van der Waals surface area contributed by atoms with E-state index in [1.165, 1.54) is 0 Å². The molecule has 0 aromatic heterocycles. The third kappa shape index (κ3) is 4.75. The largest absolute Gasteiger partial charge is 0.444 e. The number of carbonyl (C=O) groups is 2. The van der Waals surface area contributed by atoms with E-state index in [1.54, 1.807) is 13.8 Å². The van der Waals surface area contributed by atoms with Crippen LogP contribution in [-0.2, 0) is 20.9 Å². The number of hydrogen-bond acceptors (Lipinski definition) is 5. The Balaban J connectivity index is 2.31. The Bertz CT molecular complexity index is 685. The number of aliphatic hydroxyl groups is 1. The molecule has 2 rings (SSSR count). The highest BCUT2D eigenvalue weighted by molar-refractivity contribution is 5.84. The van der Waals surface area contributed by atoms with Gasteiger partial charge in [0.05, 0.1) is 1.37 Å². The Morgan fingerprint density at radius 1 is 1.27 bits per heavy atom. The molecule has 26 heavy (non-hydrogen) atoms. The third-order valence-corrected chi connectivity index (χ3v) is 4.20. The second-order valence-electron chi connectivity index (χ2n) is 8.48. The number of rotatable bonds is 5. The molecule has 1 aromatic rings. The zero-order chi connectivity index (χ0) is 20.5. The van der Waals surface area contributed by atoms with Crippen LogP contribution in [0.5, 0.6) is 0 Å². The molecule has 1 aliphatic rings. The number of aliphatic hydroxyl groups excluding tert-OH is 1. The third-order valence-electron chi connectivity index (χ3n) is 4.20. The molecule has 0 radical (unpaired) electrons. The van der Waals surface area contributed by atoms with E-state index in [4.69, 9.17) is 10.8 Å². The fourth-order valence-electron chi connectivity index (χ4n) is 2.69. The summed E-state index contributed by atoms with van der Waals surface area (Å²) in [5.41, 5.74) is -0.546. The number of hydrogen-bond donors (Lipinski definition) is 1. The van der Waals surface area contributed by atoms with Crippen LogP contribution in [0.3, 0.4) is 0 Å². The average molecular weight is 364 g/mol.